The SMILES string of the molecule is CCCCCCCCCC(OCCCCC)(OCCCCC)OCCCCC. The zero-order valence-corrected chi connectivity index (χ0v) is 19.9. The van der Waals surface area contributed by atoms with Crippen molar-refractivity contribution in [1.82, 2.24) is 0 Å². The van der Waals surface area contributed by atoms with Crippen molar-refractivity contribution in [2.45, 2.75) is 143 Å². The van der Waals surface area contributed by atoms with E-state index in [-0.39, 0.29) is 0 Å². The minimum absolute atomic E-state index is 0.742. The molecule has 0 amide bonds. The van der Waals surface area contributed by atoms with E-state index in [1.54, 1.807) is 0 Å². The minimum atomic E-state index is -0.807. The molecule has 0 aromatic carbocycles. The summed E-state index contributed by atoms with van der Waals surface area (Å²) < 4.78 is 18.9. The van der Waals surface area contributed by atoms with Gasteiger partial charge in [-0.2, -0.15) is 0 Å². The topological polar surface area (TPSA) is 27.7 Å². The van der Waals surface area contributed by atoms with Gasteiger partial charge in [0.1, 0.15) is 0 Å². The van der Waals surface area contributed by atoms with Gasteiger partial charge in [0, 0.05) is 6.42 Å². The first-order valence-corrected chi connectivity index (χ1v) is 12.7. The van der Waals surface area contributed by atoms with E-state index >= 15 is 0 Å². The van der Waals surface area contributed by atoms with Crippen LogP contribution in [0.4, 0.5) is 0 Å². The van der Waals surface area contributed by atoms with Crippen molar-refractivity contribution in [3.63, 3.8) is 0 Å². The van der Waals surface area contributed by atoms with Crippen LogP contribution in [-0.2, 0) is 14.2 Å². The third kappa shape index (κ3) is 16.8. The van der Waals surface area contributed by atoms with Gasteiger partial charge < -0.3 is 14.2 Å². The molecule has 0 aliphatic rings. The summed E-state index contributed by atoms with van der Waals surface area (Å²) in [6, 6.07) is 0. The third-order valence-corrected chi connectivity index (χ3v) is 5.30. The Labute approximate surface area is 177 Å². The number of hydrogen-bond acceptors (Lipinski definition) is 3. The van der Waals surface area contributed by atoms with Crippen LogP contribution in [0.3, 0.4) is 0 Å². The quantitative estimate of drug-likeness (QED) is 0.127. The van der Waals surface area contributed by atoms with Crippen molar-refractivity contribution in [1.29, 1.82) is 0 Å². The molecule has 0 saturated heterocycles. The molecule has 0 fully saturated rings. The minimum Gasteiger partial charge on any atom is -0.327 e. The number of hydrogen-bond donors (Lipinski definition) is 0. The summed E-state index contributed by atoms with van der Waals surface area (Å²) in [7, 11) is 0. The maximum absolute atomic E-state index is 6.29. The highest BCUT2D eigenvalue weighted by atomic mass is 16.9. The van der Waals surface area contributed by atoms with Crippen LogP contribution in [0, 0.1) is 0 Å². The number of ether oxygens (including phenoxy) is 3. The van der Waals surface area contributed by atoms with E-state index in [1.807, 2.05) is 0 Å². The lowest BCUT2D eigenvalue weighted by Crippen LogP contribution is -2.40. The maximum Gasteiger partial charge on any atom is 0.282 e. The van der Waals surface area contributed by atoms with Gasteiger partial charge in [0.05, 0.1) is 19.8 Å². The molecule has 3 nitrogen and oxygen atoms in total. The molecule has 0 aliphatic carbocycles. The normalized spacial score (nSPS) is 12.0. The van der Waals surface area contributed by atoms with Crippen LogP contribution >= 0.6 is 0 Å². The Kier molecular flexibility index (Phi) is 21.5. The summed E-state index contributed by atoms with van der Waals surface area (Å²) in [5.74, 6) is -0.807. The zero-order valence-electron chi connectivity index (χ0n) is 19.9. The van der Waals surface area contributed by atoms with E-state index < -0.39 is 5.97 Å². The molecule has 0 bridgehead atoms. The first kappa shape index (κ1) is 27.9. The predicted octanol–water partition coefficient (Wildman–Crippen LogP) is 8.40. The van der Waals surface area contributed by atoms with Gasteiger partial charge in [-0.05, 0) is 25.7 Å². The van der Waals surface area contributed by atoms with Crippen molar-refractivity contribution in [2.24, 2.45) is 0 Å². The van der Waals surface area contributed by atoms with Crippen LogP contribution in [0.5, 0.6) is 0 Å². The van der Waals surface area contributed by atoms with Gasteiger partial charge in [0.25, 0.3) is 5.97 Å². The van der Waals surface area contributed by atoms with E-state index in [1.165, 1.54) is 77.0 Å². The van der Waals surface area contributed by atoms with Crippen molar-refractivity contribution in [2.75, 3.05) is 19.8 Å². The van der Waals surface area contributed by atoms with Crippen molar-refractivity contribution in [3.05, 3.63) is 0 Å². The molecule has 0 saturated carbocycles. The Morgan fingerprint density at radius 1 is 0.393 bits per heavy atom. The molecule has 170 valence electrons. The molecule has 0 heterocycles. The number of unbranched alkanes of at least 4 members (excludes halogenated alkanes) is 12. The summed E-state index contributed by atoms with van der Waals surface area (Å²) in [5.41, 5.74) is 0. The first-order valence-electron chi connectivity index (χ1n) is 12.7. The maximum atomic E-state index is 6.29. The molecular formula is C25H52O3. The second-order valence-corrected chi connectivity index (χ2v) is 8.22. The van der Waals surface area contributed by atoms with E-state index in [4.69, 9.17) is 14.2 Å². The molecule has 0 spiro atoms. The monoisotopic (exact) mass is 400 g/mol. The summed E-state index contributed by atoms with van der Waals surface area (Å²) in [6.45, 7) is 11.2. The lowest BCUT2D eigenvalue weighted by Gasteiger charge is -2.34. The molecule has 0 atom stereocenters. The van der Waals surface area contributed by atoms with Gasteiger partial charge in [0.2, 0.25) is 0 Å². The van der Waals surface area contributed by atoms with Crippen molar-refractivity contribution >= 4 is 0 Å². The van der Waals surface area contributed by atoms with Crippen LogP contribution in [0.1, 0.15) is 137 Å². The first-order chi connectivity index (χ1) is 13.7. The number of rotatable bonds is 23. The Morgan fingerprint density at radius 2 is 0.714 bits per heavy atom. The third-order valence-electron chi connectivity index (χ3n) is 5.30. The molecule has 0 unspecified atom stereocenters. The second kappa shape index (κ2) is 21.6. The molecule has 0 rings (SSSR count). The zero-order chi connectivity index (χ0) is 20.8. The van der Waals surface area contributed by atoms with Gasteiger partial charge in [0.15, 0.2) is 0 Å². The van der Waals surface area contributed by atoms with E-state index in [2.05, 4.69) is 27.7 Å². The lowest BCUT2D eigenvalue weighted by molar-refractivity contribution is -0.384. The summed E-state index contributed by atoms with van der Waals surface area (Å²) >= 11 is 0. The average Bonchev–Trinajstić information content (AvgIpc) is 2.71. The fourth-order valence-corrected chi connectivity index (χ4v) is 3.38. The Morgan fingerprint density at radius 3 is 1.11 bits per heavy atom. The molecule has 0 N–H and O–H groups in total. The molecule has 0 aromatic heterocycles. The summed E-state index contributed by atoms with van der Waals surface area (Å²) in [4.78, 5) is 0. The fourth-order valence-electron chi connectivity index (χ4n) is 3.38. The largest absolute Gasteiger partial charge is 0.327 e. The molecule has 0 radical (unpaired) electrons. The Balaban J connectivity index is 4.58. The summed E-state index contributed by atoms with van der Waals surface area (Å²) in [6.07, 6.45) is 20.5. The molecule has 0 aromatic rings. The molecule has 28 heavy (non-hydrogen) atoms. The average molecular weight is 401 g/mol. The van der Waals surface area contributed by atoms with Crippen LogP contribution < -0.4 is 0 Å². The fraction of sp³-hybridized carbons (Fsp3) is 1.00. The van der Waals surface area contributed by atoms with Gasteiger partial charge in [-0.3, -0.25) is 0 Å². The highest BCUT2D eigenvalue weighted by Crippen LogP contribution is 2.26. The molecule has 0 aliphatic heterocycles. The van der Waals surface area contributed by atoms with Gasteiger partial charge in [-0.1, -0.05) is 105 Å². The van der Waals surface area contributed by atoms with Gasteiger partial charge in [-0.25, -0.2) is 0 Å². The van der Waals surface area contributed by atoms with E-state index in [9.17, 15) is 0 Å². The smallest absolute Gasteiger partial charge is 0.282 e. The predicted molar refractivity (Wildman–Crippen MR) is 122 cm³/mol. The van der Waals surface area contributed by atoms with E-state index in [0.717, 1.165) is 51.9 Å². The second-order valence-electron chi connectivity index (χ2n) is 8.22. The lowest BCUT2D eigenvalue weighted by atomic mass is 10.1. The van der Waals surface area contributed by atoms with Crippen molar-refractivity contribution in [3.8, 4) is 0 Å². The van der Waals surface area contributed by atoms with Gasteiger partial charge >= 0.3 is 0 Å². The summed E-state index contributed by atoms with van der Waals surface area (Å²) in [5, 5.41) is 0. The standard InChI is InChI=1S/C25H52O3/c1-5-9-13-14-15-16-17-21-25(26-22-18-10-6-2,27-23-19-11-7-3)28-24-20-12-8-4/h5-24H2,1-4H3. The van der Waals surface area contributed by atoms with Crippen LogP contribution in [-0.4, -0.2) is 25.8 Å². The Bertz CT molecular complexity index is 262. The van der Waals surface area contributed by atoms with Crippen LogP contribution in [0.25, 0.3) is 0 Å². The Hall–Kier alpha value is -0.120. The van der Waals surface area contributed by atoms with Crippen LogP contribution in [0.15, 0.2) is 0 Å². The highest BCUT2D eigenvalue weighted by molar-refractivity contribution is 4.61. The highest BCUT2D eigenvalue weighted by Gasteiger charge is 2.32. The van der Waals surface area contributed by atoms with Gasteiger partial charge in [-0.15, -0.1) is 0 Å². The van der Waals surface area contributed by atoms with Crippen LogP contribution in [0.2, 0.25) is 0 Å². The molecular weight excluding hydrogens is 348 g/mol. The molecule has 3 heteroatoms. The van der Waals surface area contributed by atoms with E-state index in [0.29, 0.717) is 0 Å². The van der Waals surface area contributed by atoms with Crippen molar-refractivity contribution < 1.29 is 14.2 Å².